The van der Waals surface area contributed by atoms with Crippen LogP contribution >= 0.6 is 11.6 Å². The highest BCUT2D eigenvalue weighted by molar-refractivity contribution is 6.31. The van der Waals surface area contributed by atoms with Gasteiger partial charge in [-0.2, -0.15) is 0 Å². The Morgan fingerprint density at radius 3 is 2.95 bits per heavy atom. The molecule has 2 rings (SSSR count). The van der Waals surface area contributed by atoms with E-state index in [0.29, 0.717) is 30.3 Å². The Kier molecular flexibility index (Phi) is 5.56. The molecule has 1 fully saturated rings. The molecule has 1 aliphatic rings. The van der Waals surface area contributed by atoms with Gasteiger partial charge in [0.15, 0.2) is 0 Å². The summed E-state index contributed by atoms with van der Waals surface area (Å²) in [5.74, 6) is -1.75. The van der Waals surface area contributed by atoms with Crippen molar-refractivity contribution in [3.8, 4) is 0 Å². The maximum Gasteiger partial charge on any atom is 0.310 e. The van der Waals surface area contributed by atoms with E-state index in [9.17, 15) is 14.3 Å². The van der Waals surface area contributed by atoms with Crippen LogP contribution in [0.5, 0.6) is 0 Å². The van der Waals surface area contributed by atoms with Gasteiger partial charge in [-0.1, -0.05) is 18.5 Å². The highest BCUT2D eigenvalue weighted by Gasteiger charge is 2.37. The van der Waals surface area contributed by atoms with E-state index in [0.717, 1.165) is 6.42 Å². The lowest BCUT2D eigenvalue weighted by atomic mass is 10.0. The van der Waals surface area contributed by atoms with Gasteiger partial charge in [-0.05, 0) is 36.7 Å². The predicted octanol–water partition coefficient (Wildman–Crippen LogP) is 2.79. The van der Waals surface area contributed by atoms with Crippen molar-refractivity contribution in [3.05, 3.63) is 34.6 Å². The van der Waals surface area contributed by atoms with Crippen LogP contribution < -0.4 is 0 Å². The molecule has 2 atom stereocenters. The number of carbonyl (C=O) groups is 1. The van der Waals surface area contributed by atoms with Gasteiger partial charge in [0.2, 0.25) is 0 Å². The first-order chi connectivity index (χ1) is 10.0. The Morgan fingerprint density at radius 1 is 1.52 bits per heavy atom. The van der Waals surface area contributed by atoms with Crippen molar-refractivity contribution < 1.29 is 19.0 Å². The van der Waals surface area contributed by atoms with Crippen molar-refractivity contribution in [2.45, 2.75) is 25.9 Å². The molecule has 1 aliphatic heterocycles. The summed E-state index contributed by atoms with van der Waals surface area (Å²) in [6.45, 7) is 3.75. The van der Waals surface area contributed by atoms with Crippen molar-refractivity contribution in [1.29, 1.82) is 0 Å². The molecule has 1 aromatic rings. The van der Waals surface area contributed by atoms with E-state index in [1.165, 1.54) is 18.2 Å². The second-order valence-corrected chi connectivity index (χ2v) is 5.66. The minimum atomic E-state index is -0.857. The number of aliphatic carboxylic acids is 1. The van der Waals surface area contributed by atoms with E-state index in [4.69, 9.17) is 16.3 Å². The van der Waals surface area contributed by atoms with Crippen LogP contribution in [-0.2, 0) is 16.1 Å². The fraction of sp³-hybridized carbons (Fsp3) is 0.533. The summed E-state index contributed by atoms with van der Waals surface area (Å²) in [6.07, 6.45) is 0.871. The van der Waals surface area contributed by atoms with Crippen LogP contribution in [0.25, 0.3) is 0 Å². The number of carboxylic acid groups (broad SMARTS) is 1. The van der Waals surface area contributed by atoms with Crippen LogP contribution in [-0.4, -0.2) is 41.8 Å². The molecule has 1 aromatic carbocycles. The van der Waals surface area contributed by atoms with E-state index in [2.05, 4.69) is 0 Å². The first kappa shape index (κ1) is 16.2. The third-order valence-corrected chi connectivity index (χ3v) is 4.10. The summed E-state index contributed by atoms with van der Waals surface area (Å²) in [5, 5.41) is 9.76. The number of hydrogen-bond donors (Lipinski definition) is 1. The summed E-state index contributed by atoms with van der Waals surface area (Å²) in [5.41, 5.74) is 0.668. The number of carboxylic acids is 1. The normalized spacial score (nSPS) is 21.9. The summed E-state index contributed by atoms with van der Waals surface area (Å²) in [4.78, 5) is 13.3. The first-order valence-corrected chi connectivity index (χ1v) is 7.39. The van der Waals surface area contributed by atoms with Crippen molar-refractivity contribution in [2.75, 3.05) is 19.8 Å². The Morgan fingerprint density at radius 2 is 2.29 bits per heavy atom. The quantitative estimate of drug-likeness (QED) is 0.877. The average molecular weight is 316 g/mol. The summed E-state index contributed by atoms with van der Waals surface area (Å²) in [6, 6.07) is 4.03. The van der Waals surface area contributed by atoms with E-state index in [1.807, 2.05) is 11.8 Å². The smallest absolute Gasteiger partial charge is 0.310 e. The number of nitrogens with zero attached hydrogens (tertiary/aromatic N) is 1. The van der Waals surface area contributed by atoms with Gasteiger partial charge in [0.1, 0.15) is 5.82 Å². The van der Waals surface area contributed by atoms with Crippen LogP contribution in [0.15, 0.2) is 18.2 Å². The second-order valence-electron chi connectivity index (χ2n) is 5.26. The molecule has 4 nitrogen and oxygen atoms in total. The monoisotopic (exact) mass is 315 g/mol. The van der Waals surface area contributed by atoms with Gasteiger partial charge in [-0.25, -0.2) is 4.39 Å². The number of ether oxygens (including phenoxy) is 1. The number of hydrogen-bond acceptors (Lipinski definition) is 3. The zero-order valence-electron chi connectivity index (χ0n) is 11.9. The molecule has 0 radical (unpaired) electrons. The molecular formula is C15H19ClFNO3. The summed E-state index contributed by atoms with van der Waals surface area (Å²) >= 11 is 6.11. The number of rotatable bonds is 6. The maximum atomic E-state index is 13.4. The fourth-order valence-electron chi connectivity index (χ4n) is 2.67. The van der Waals surface area contributed by atoms with Crippen molar-refractivity contribution in [3.63, 3.8) is 0 Å². The number of benzene rings is 1. The molecule has 0 bridgehead atoms. The van der Waals surface area contributed by atoms with Gasteiger partial charge < -0.3 is 9.84 Å². The largest absolute Gasteiger partial charge is 0.481 e. The molecule has 0 aliphatic carbocycles. The second kappa shape index (κ2) is 7.20. The average Bonchev–Trinajstić information content (AvgIpc) is 2.91. The molecule has 1 heterocycles. The molecule has 116 valence electrons. The Bertz CT molecular complexity index is 512. The first-order valence-electron chi connectivity index (χ1n) is 7.01. The van der Waals surface area contributed by atoms with E-state index >= 15 is 0 Å². The van der Waals surface area contributed by atoms with Gasteiger partial charge in [-0.15, -0.1) is 0 Å². The third kappa shape index (κ3) is 3.93. The molecule has 0 spiro atoms. The molecule has 1 saturated heterocycles. The Hall–Kier alpha value is -1.17. The molecule has 1 N–H and O–H groups in total. The highest BCUT2D eigenvalue weighted by Crippen LogP contribution is 2.25. The lowest BCUT2D eigenvalue weighted by Gasteiger charge is -2.30. The molecule has 2 unspecified atom stereocenters. The molecule has 0 saturated carbocycles. The van der Waals surface area contributed by atoms with Crippen molar-refractivity contribution >= 4 is 17.6 Å². The molecular weight excluding hydrogens is 297 g/mol. The van der Waals surface area contributed by atoms with E-state index in [-0.39, 0.29) is 18.5 Å². The van der Waals surface area contributed by atoms with Crippen LogP contribution in [0, 0.1) is 11.7 Å². The van der Waals surface area contributed by atoms with E-state index < -0.39 is 11.9 Å². The zero-order chi connectivity index (χ0) is 15.4. The van der Waals surface area contributed by atoms with Crippen LogP contribution in [0.4, 0.5) is 4.39 Å². The zero-order valence-corrected chi connectivity index (χ0v) is 12.6. The standard InChI is InChI=1S/C15H19ClFNO3/c1-2-5-18(14-9-21-8-12(14)15(19)20)7-10-6-11(17)3-4-13(10)16/h3-4,6,12,14H,2,5,7-9H2,1H3,(H,19,20). The maximum absolute atomic E-state index is 13.4. The van der Waals surface area contributed by atoms with Gasteiger partial charge >= 0.3 is 5.97 Å². The Labute approximate surface area is 128 Å². The summed E-state index contributed by atoms with van der Waals surface area (Å²) < 4.78 is 18.7. The SMILES string of the molecule is CCCN(Cc1cc(F)ccc1Cl)C1COCC1C(=O)O. The summed E-state index contributed by atoms with van der Waals surface area (Å²) in [7, 11) is 0. The highest BCUT2D eigenvalue weighted by atomic mass is 35.5. The number of halogens is 2. The van der Waals surface area contributed by atoms with Gasteiger partial charge in [0.25, 0.3) is 0 Å². The minimum absolute atomic E-state index is 0.207. The lowest BCUT2D eigenvalue weighted by Crippen LogP contribution is -2.43. The van der Waals surface area contributed by atoms with Gasteiger partial charge in [0, 0.05) is 17.6 Å². The van der Waals surface area contributed by atoms with Gasteiger partial charge in [-0.3, -0.25) is 9.69 Å². The van der Waals surface area contributed by atoms with Crippen LogP contribution in [0.1, 0.15) is 18.9 Å². The van der Waals surface area contributed by atoms with Crippen LogP contribution in [0.2, 0.25) is 5.02 Å². The Balaban J connectivity index is 2.18. The van der Waals surface area contributed by atoms with E-state index in [1.54, 1.807) is 0 Å². The third-order valence-electron chi connectivity index (χ3n) is 3.73. The van der Waals surface area contributed by atoms with Crippen molar-refractivity contribution in [1.82, 2.24) is 4.90 Å². The fourth-order valence-corrected chi connectivity index (χ4v) is 2.85. The molecule has 0 aromatic heterocycles. The minimum Gasteiger partial charge on any atom is -0.481 e. The lowest BCUT2D eigenvalue weighted by molar-refractivity contribution is -0.143. The topological polar surface area (TPSA) is 49.8 Å². The predicted molar refractivity (Wildman–Crippen MR) is 77.8 cm³/mol. The molecule has 0 amide bonds. The van der Waals surface area contributed by atoms with Crippen molar-refractivity contribution in [2.24, 2.45) is 5.92 Å². The molecule has 6 heteroatoms. The molecule has 21 heavy (non-hydrogen) atoms. The van der Waals surface area contributed by atoms with Gasteiger partial charge in [0.05, 0.1) is 19.1 Å². The van der Waals surface area contributed by atoms with Crippen LogP contribution in [0.3, 0.4) is 0 Å².